The molecule has 0 aliphatic carbocycles. The topological polar surface area (TPSA) is 37.4 Å². The van der Waals surface area contributed by atoms with Gasteiger partial charge in [-0.05, 0) is 80.8 Å². The Morgan fingerprint density at radius 2 is 1.92 bits per heavy atom. The van der Waals surface area contributed by atoms with Crippen molar-refractivity contribution >= 4 is 10.8 Å². The average Bonchev–Trinajstić information content (AvgIpc) is 2.65. The fourth-order valence-corrected chi connectivity index (χ4v) is 4.17. The van der Waals surface area contributed by atoms with Gasteiger partial charge in [-0.25, -0.2) is 0 Å². The van der Waals surface area contributed by atoms with Crippen LogP contribution >= 0.6 is 0 Å². The predicted octanol–water partition coefficient (Wildman–Crippen LogP) is 3.39. The monoisotopic (exact) mass is 339 g/mol. The quantitative estimate of drug-likeness (QED) is 0.926. The Hall–Kier alpha value is -1.65. The number of benzene rings is 1. The van der Waals surface area contributed by atoms with Crippen molar-refractivity contribution < 1.29 is 4.74 Å². The van der Waals surface area contributed by atoms with Gasteiger partial charge in [-0.1, -0.05) is 0 Å². The molecule has 0 amide bonds. The van der Waals surface area contributed by atoms with E-state index in [2.05, 4.69) is 40.3 Å². The van der Waals surface area contributed by atoms with E-state index in [4.69, 9.17) is 4.74 Å². The molecule has 0 unspecified atom stereocenters. The summed E-state index contributed by atoms with van der Waals surface area (Å²) < 4.78 is 6.38. The molecule has 2 saturated heterocycles. The van der Waals surface area contributed by atoms with Crippen molar-refractivity contribution in [2.75, 3.05) is 32.7 Å². The van der Waals surface area contributed by atoms with Crippen LogP contribution in [0.25, 0.3) is 10.8 Å². The molecule has 4 nitrogen and oxygen atoms in total. The number of pyridine rings is 1. The number of piperidine rings is 2. The lowest BCUT2D eigenvalue weighted by Crippen LogP contribution is -2.42. The fraction of sp³-hybridized carbons (Fsp3) is 0.571. The molecule has 3 heterocycles. The molecule has 134 valence electrons. The normalized spacial score (nSPS) is 20.8. The fourth-order valence-electron chi connectivity index (χ4n) is 4.17. The van der Waals surface area contributed by atoms with Gasteiger partial charge in [-0.15, -0.1) is 0 Å². The highest BCUT2D eigenvalue weighted by molar-refractivity contribution is 5.84. The number of rotatable bonds is 4. The molecule has 2 aliphatic rings. The number of likely N-dealkylation sites (tertiary alicyclic amines) is 1. The van der Waals surface area contributed by atoms with Gasteiger partial charge in [0.1, 0.15) is 11.9 Å². The molecule has 2 aliphatic heterocycles. The molecular weight excluding hydrogens is 310 g/mol. The molecule has 0 saturated carbocycles. The maximum Gasteiger partial charge on any atom is 0.123 e. The summed E-state index contributed by atoms with van der Waals surface area (Å²) in [4.78, 5) is 6.85. The summed E-state index contributed by atoms with van der Waals surface area (Å²) in [6.45, 7) is 8.14. The van der Waals surface area contributed by atoms with E-state index in [1.807, 2.05) is 12.4 Å². The minimum Gasteiger partial charge on any atom is -0.490 e. The number of ether oxygens (including phenoxy) is 1. The van der Waals surface area contributed by atoms with Crippen molar-refractivity contribution in [1.82, 2.24) is 15.2 Å². The molecule has 4 rings (SSSR count). The molecule has 1 aromatic heterocycles. The molecule has 4 heteroatoms. The molecule has 0 atom stereocenters. The predicted molar refractivity (Wildman–Crippen MR) is 102 cm³/mol. The molecule has 2 aromatic rings. The minimum absolute atomic E-state index is 0.349. The van der Waals surface area contributed by atoms with Crippen LogP contribution in [0, 0.1) is 12.8 Å². The minimum atomic E-state index is 0.349. The van der Waals surface area contributed by atoms with Gasteiger partial charge in [0.25, 0.3) is 0 Å². The first-order chi connectivity index (χ1) is 12.3. The molecule has 0 radical (unpaired) electrons. The maximum absolute atomic E-state index is 6.38. The smallest absolute Gasteiger partial charge is 0.123 e. The van der Waals surface area contributed by atoms with Gasteiger partial charge < -0.3 is 15.0 Å². The van der Waals surface area contributed by atoms with Crippen LogP contribution in [0.2, 0.25) is 0 Å². The zero-order chi connectivity index (χ0) is 17.1. The van der Waals surface area contributed by atoms with Crippen molar-refractivity contribution in [3.8, 4) is 5.75 Å². The molecule has 1 N–H and O–H groups in total. The Morgan fingerprint density at radius 1 is 1.12 bits per heavy atom. The summed E-state index contributed by atoms with van der Waals surface area (Å²) >= 11 is 0. The zero-order valence-electron chi connectivity index (χ0n) is 15.2. The Kier molecular flexibility index (Phi) is 5.18. The van der Waals surface area contributed by atoms with E-state index in [0.717, 1.165) is 24.5 Å². The van der Waals surface area contributed by atoms with Crippen molar-refractivity contribution in [1.29, 1.82) is 0 Å². The first kappa shape index (κ1) is 16.8. The SMILES string of the molecule is Cc1cc2cnccc2cc1OC1CCN(CC2CCNCC2)CC1. The van der Waals surface area contributed by atoms with Crippen LogP contribution < -0.4 is 10.1 Å². The third-order valence-corrected chi connectivity index (χ3v) is 5.74. The van der Waals surface area contributed by atoms with Gasteiger partial charge in [0.05, 0.1) is 0 Å². The van der Waals surface area contributed by atoms with Crippen LogP contribution in [0.15, 0.2) is 30.6 Å². The van der Waals surface area contributed by atoms with Crippen LogP contribution in [0.5, 0.6) is 5.75 Å². The number of hydrogen-bond donors (Lipinski definition) is 1. The van der Waals surface area contributed by atoms with Gasteiger partial charge in [0.2, 0.25) is 0 Å². The Balaban J connectivity index is 1.33. The largest absolute Gasteiger partial charge is 0.490 e. The second-order valence-corrected chi connectivity index (χ2v) is 7.65. The Morgan fingerprint density at radius 3 is 2.72 bits per heavy atom. The van der Waals surface area contributed by atoms with Gasteiger partial charge in [-0.3, -0.25) is 4.98 Å². The summed E-state index contributed by atoms with van der Waals surface area (Å²) in [7, 11) is 0. The summed E-state index contributed by atoms with van der Waals surface area (Å²) in [5, 5.41) is 5.85. The average molecular weight is 339 g/mol. The van der Waals surface area contributed by atoms with E-state index in [-0.39, 0.29) is 0 Å². The standard InChI is InChI=1S/C21H29N3O/c1-16-12-19-14-23-9-4-18(19)13-21(16)25-20-5-10-24(11-6-20)15-17-2-7-22-8-3-17/h4,9,12-14,17,20,22H,2-3,5-8,10-11,15H2,1H3. The first-order valence-corrected chi connectivity index (χ1v) is 9.72. The number of nitrogens with one attached hydrogen (secondary N) is 1. The van der Waals surface area contributed by atoms with Crippen molar-refractivity contribution in [2.45, 2.75) is 38.7 Å². The van der Waals surface area contributed by atoms with E-state index in [9.17, 15) is 0 Å². The van der Waals surface area contributed by atoms with Crippen LogP contribution in [-0.4, -0.2) is 48.7 Å². The second kappa shape index (κ2) is 7.71. The number of hydrogen-bond acceptors (Lipinski definition) is 4. The molecule has 1 aromatic carbocycles. The van der Waals surface area contributed by atoms with Gasteiger partial charge in [0, 0.05) is 37.4 Å². The molecule has 0 bridgehead atoms. The van der Waals surface area contributed by atoms with Crippen LogP contribution in [0.1, 0.15) is 31.2 Å². The third-order valence-electron chi connectivity index (χ3n) is 5.74. The van der Waals surface area contributed by atoms with Crippen molar-refractivity contribution in [3.63, 3.8) is 0 Å². The Labute approximate surface area is 150 Å². The lowest BCUT2D eigenvalue weighted by molar-refractivity contribution is 0.0869. The zero-order valence-corrected chi connectivity index (χ0v) is 15.2. The van der Waals surface area contributed by atoms with E-state index in [0.29, 0.717) is 6.10 Å². The molecule has 2 fully saturated rings. The highest BCUT2D eigenvalue weighted by Gasteiger charge is 2.24. The molecular formula is C21H29N3O. The highest BCUT2D eigenvalue weighted by Crippen LogP contribution is 2.28. The number of aromatic nitrogens is 1. The summed E-state index contributed by atoms with van der Waals surface area (Å²) in [6.07, 6.45) is 9.06. The van der Waals surface area contributed by atoms with E-state index in [1.54, 1.807) is 0 Å². The summed E-state index contributed by atoms with van der Waals surface area (Å²) in [6, 6.07) is 6.42. The van der Waals surface area contributed by atoms with Crippen LogP contribution in [0.3, 0.4) is 0 Å². The van der Waals surface area contributed by atoms with Crippen LogP contribution in [0.4, 0.5) is 0 Å². The summed E-state index contributed by atoms with van der Waals surface area (Å²) in [5.74, 6) is 1.92. The van der Waals surface area contributed by atoms with Crippen LogP contribution in [-0.2, 0) is 0 Å². The third kappa shape index (κ3) is 4.13. The lowest BCUT2D eigenvalue weighted by Gasteiger charge is -2.35. The van der Waals surface area contributed by atoms with E-state index < -0.39 is 0 Å². The highest BCUT2D eigenvalue weighted by atomic mass is 16.5. The molecule has 0 spiro atoms. The Bertz CT molecular complexity index is 703. The van der Waals surface area contributed by atoms with Gasteiger partial charge >= 0.3 is 0 Å². The van der Waals surface area contributed by atoms with E-state index >= 15 is 0 Å². The van der Waals surface area contributed by atoms with Gasteiger partial charge in [-0.2, -0.15) is 0 Å². The number of fused-ring (bicyclic) bond motifs is 1. The number of nitrogens with zero attached hydrogens (tertiary/aromatic N) is 2. The van der Waals surface area contributed by atoms with Crippen molar-refractivity contribution in [3.05, 3.63) is 36.2 Å². The first-order valence-electron chi connectivity index (χ1n) is 9.72. The van der Waals surface area contributed by atoms with E-state index in [1.165, 1.54) is 61.9 Å². The van der Waals surface area contributed by atoms with Crippen molar-refractivity contribution in [2.24, 2.45) is 5.92 Å². The summed E-state index contributed by atoms with van der Waals surface area (Å²) in [5.41, 5.74) is 1.21. The lowest BCUT2D eigenvalue weighted by atomic mass is 9.96. The number of aryl methyl sites for hydroxylation is 1. The second-order valence-electron chi connectivity index (χ2n) is 7.65. The molecule has 25 heavy (non-hydrogen) atoms. The van der Waals surface area contributed by atoms with Gasteiger partial charge in [0.15, 0.2) is 0 Å². The maximum atomic E-state index is 6.38.